The molecule has 0 spiro atoms. The van der Waals surface area contributed by atoms with E-state index in [0.717, 1.165) is 39.2 Å². The highest BCUT2D eigenvalue weighted by Crippen LogP contribution is 2.28. The summed E-state index contributed by atoms with van der Waals surface area (Å²) < 4.78 is 24.2. The molecule has 0 saturated heterocycles. The minimum Gasteiger partial charge on any atom is -0.361 e. The van der Waals surface area contributed by atoms with Crippen molar-refractivity contribution >= 4 is 64.3 Å². The number of rotatable bonds is 6. The van der Waals surface area contributed by atoms with Crippen molar-refractivity contribution in [3.8, 4) is 0 Å². The number of carbonyl (C=O) groups excluding carboxylic acids is 1. The zero-order valence-corrected chi connectivity index (χ0v) is 18.8. The molecule has 2 N–H and O–H groups in total. The number of nitrogens with zero attached hydrogens (tertiary/aromatic N) is 2. The number of hydrogen-bond acceptors (Lipinski definition) is 9. The van der Waals surface area contributed by atoms with Gasteiger partial charge < -0.3 is 10.6 Å². The van der Waals surface area contributed by atoms with Crippen LogP contribution in [-0.2, 0) is 21.1 Å². The monoisotopic (exact) mass is 460 g/mol. The molecular formula is C20H20N4O3S3. The van der Waals surface area contributed by atoms with Gasteiger partial charge in [-0.2, -0.15) is 0 Å². The maximum absolute atomic E-state index is 11.7. The van der Waals surface area contributed by atoms with Crippen LogP contribution in [0.2, 0.25) is 0 Å². The lowest BCUT2D eigenvalue weighted by Gasteiger charge is -2.07. The van der Waals surface area contributed by atoms with Crippen molar-refractivity contribution in [1.82, 2.24) is 4.98 Å². The van der Waals surface area contributed by atoms with Crippen LogP contribution in [0.15, 0.2) is 52.4 Å². The Balaban J connectivity index is 1.33. The van der Waals surface area contributed by atoms with E-state index >= 15 is 0 Å². The molecule has 0 bridgehead atoms. The number of aromatic nitrogens is 1. The maximum Gasteiger partial charge on any atom is 0.220 e. The quantitative estimate of drug-likeness (QED) is 0.577. The molecule has 0 amide bonds. The minimum atomic E-state index is -3.23. The zero-order valence-electron chi connectivity index (χ0n) is 16.4. The van der Waals surface area contributed by atoms with Gasteiger partial charge in [-0.15, -0.1) is 0 Å². The number of hydrogen-bond donors (Lipinski definition) is 2. The first kappa shape index (κ1) is 20.8. The third-order valence-electron chi connectivity index (χ3n) is 4.53. The summed E-state index contributed by atoms with van der Waals surface area (Å²) in [5, 5.41) is 7.93. The van der Waals surface area contributed by atoms with Crippen molar-refractivity contribution in [2.75, 3.05) is 23.4 Å². The van der Waals surface area contributed by atoms with E-state index in [1.807, 2.05) is 24.3 Å². The number of nitrogens with one attached hydrogen (secondary N) is 2. The summed E-state index contributed by atoms with van der Waals surface area (Å²) in [5.74, 6) is 0. The Bertz CT molecular complexity index is 1230. The third kappa shape index (κ3) is 4.82. The highest BCUT2D eigenvalue weighted by molar-refractivity contribution is 8.27. The van der Waals surface area contributed by atoms with Gasteiger partial charge >= 0.3 is 0 Å². The molecule has 156 valence electrons. The lowest BCUT2D eigenvalue weighted by atomic mass is 10.1. The Morgan fingerprint density at radius 2 is 1.90 bits per heavy atom. The Morgan fingerprint density at radius 1 is 1.13 bits per heavy atom. The normalized spacial score (nSPS) is 16.7. The summed E-state index contributed by atoms with van der Waals surface area (Å²) >= 11 is 2.58. The predicted molar refractivity (Wildman–Crippen MR) is 124 cm³/mol. The van der Waals surface area contributed by atoms with Gasteiger partial charge in [-0.3, -0.25) is 4.79 Å². The number of benzene rings is 2. The van der Waals surface area contributed by atoms with Gasteiger partial charge in [0.15, 0.2) is 20.1 Å². The molecule has 4 rings (SSSR count). The number of amidine groups is 1. The molecule has 0 radical (unpaired) electrons. The molecule has 2 heterocycles. The number of sulfone groups is 1. The van der Waals surface area contributed by atoms with E-state index < -0.39 is 9.84 Å². The lowest BCUT2D eigenvalue weighted by molar-refractivity contribution is -0.111. The molecule has 30 heavy (non-hydrogen) atoms. The van der Waals surface area contributed by atoms with Crippen LogP contribution >= 0.6 is 23.1 Å². The molecule has 1 atom stereocenters. The molecule has 0 aliphatic carbocycles. The molecular weight excluding hydrogens is 440 g/mol. The van der Waals surface area contributed by atoms with E-state index in [2.05, 4.69) is 20.6 Å². The number of fused-ring (bicyclic) bond motifs is 1. The molecule has 1 aliphatic heterocycles. The fourth-order valence-corrected chi connectivity index (χ4v) is 5.34. The molecule has 1 aliphatic rings. The first-order chi connectivity index (χ1) is 14.3. The van der Waals surface area contributed by atoms with Crippen LogP contribution in [0.4, 0.5) is 10.8 Å². The van der Waals surface area contributed by atoms with E-state index in [0.29, 0.717) is 16.6 Å². The fraction of sp³-hybridized carbons (Fsp3) is 0.250. The molecule has 0 unspecified atom stereocenters. The average molecular weight is 461 g/mol. The first-order valence-corrected chi connectivity index (χ1v) is 12.8. The molecule has 0 saturated carbocycles. The molecule has 1 aromatic heterocycles. The van der Waals surface area contributed by atoms with Crippen LogP contribution in [-0.4, -0.2) is 42.5 Å². The summed E-state index contributed by atoms with van der Waals surface area (Å²) in [6.45, 7) is 2.50. The van der Waals surface area contributed by atoms with Crippen molar-refractivity contribution < 1.29 is 13.2 Å². The Labute approximate surface area is 182 Å². The fourth-order valence-electron chi connectivity index (χ4n) is 2.90. The maximum atomic E-state index is 11.7. The van der Waals surface area contributed by atoms with Crippen molar-refractivity contribution in [3.05, 3.63) is 48.0 Å². The Hall–Kier alpha value is -2.43. The van der Waals surface area contributed by atoms with Gasteiger partial charge in [0.1, 0.15) is 6.04 Å². The van der Waals surface area contributed by atoms with Crippen LogP contribution in [0.25, 0.3) is 10.2 Å². The average Bonchev–Trinajstić information content (AvgIpc) is 3.24. The Kier molecular flexibility index (Phi) is 5.81. The highest BCUT2D eigenvalue weighted by Gasteiger charge is 2.23. The standard InChI is InChI=1S/C20H20N4O3S3/c1-12-18(25)29-20(22-12)23-14-5-3-13(4-6-14)9-10-21-19-24-16-8-7-15(30(2,26)27)11-17(16)28-19/h3-8,11-12H,9-10H2,1-2H3,(H,21,24)(H,22,23)/t12-/m0/s1. The highest BCUT2D eigenvalue weighted by atomic mass is 32.2. The predicted octanol–water partition coefficient (Wildman–Crippen LogP) is 3.78. The summed E-state index contributed by atoms with van der Waals surface area (Å²) in [6.07, 6.45) is 2.02. The van der Waals surface area contributed by atoms with Crippen molar-refractivity contribution in [1.29, 1.82) is 0 Å². The second-order valence-electron chi connectivity index (χ2n) is 6.95. The molecule has 3 aromatic rings. The van der Waals surface area contributed by atoms with E-state index in [9.17, 15) is 13.2 Å². The lowest BCUT2D eigenvalue weighted by Crippen LogP contribution is -2.06. The molecule has 0 fully saturated rings. The summed E-state index contributed by atoms with van der Waals surface area (Å²) in [6, 6.07) is 12.7. The van der Waals surface area contributed by atoms with Gasteiger partial charge in [0.05, 0.1) is 15.1 Å². The smallest absolute Gasteiger partial charge is 0.220 e. The van der Waals surface area contributed by atoms with Crippen molar-refractivity contribution in [3.63, 3.8) is 0 Å². The van der Waals surface area contributed by atoms with Gasteiger partial charge in [-0.1, -0.05) is 23.5 Å². The minimum absolute atomic E-state index is 0.0579. The van der Waals surface area contributed by atoms with Gasteiger partial charge in [0.25, 0.3) is 0 Å². The van der Waals surface area contributed by atoms with Gasteiger partial charge in [0, 0.05) is 18.5 Å². The second-order valence-corrected chi connectivity index (χ2v) is 11.0. The van der Waals surface area contributed by atoms with E-state index in [4.69, 9.17) is 0 Å². The number of aliphatic imine (C=N–C) groups is 1. The van der Waals surface area contributed by atoms with Gasteiger partial charge in [0.2, 0.25) is 5.12 Å². The van der Waals surface area contributed by atoms with E-state index in [1.54, 1.807) is 25.1 Å². The molecule has 2 aromatic carbocycles. The third-order valence-corrected chi connectivity index (χ3v) is 7.56. The van der Waals surface area contributed by atoms with Gasteiger partial charge in [-0.25, -0.2) is 18.4 Å². The number of carbonyl (C=O) groups is 1. The second kappa shape index (κ2) is 8.37. The van der Waals surface area contributed by atoms with Crippen LogP contribution in [0.3, 0.4) is 0 Å². The van der Waals surface area contributed by atoms with Crippen LogP contribution < -0.4 is 10.6 Å². The van der Waals surface area contributed by atoms with E-state index in [1.165, 1.54) is 23.2 Å². The Morgan fingerprint density at radius 3 is 2.57 bits per heavy atom. The van der Waals surface area contributed by atoms with Gasteiger partial charge in [-0.05, 0) is 61.0 Å². The summed E-state index contributed by atoms with van der Waals surface area (Å²) in [4.78, 5) is 20.6. The van der Waals surface area contributed by atoms with E-state index in [-0.39, 0.29) is 11.2 Å². The largest absolute Gasteiger partial charge is 0.361 e. The summed E-state index contributed by atoms with van der Waals surface area (Å²) in [7, 11) is -3.23. The molecule has 7 nitrogen and oxygen atoms in total. The van der Waals surface area contributed by atoms with Crippen LogP contribution in [0, 0.1) is 0 Å². The van der Waals surface area contributed by atoms with Crippen molar-refractivity contribution in [2.24, 2.45) is 4.99 Å². The zero-order chi connectivity index (χ0) is 21.3. The van der Waals surface area contributed by atoms with Crippen LogP contribution in [0.1, 0.15) is 12.5 Å². The first-order valence-electron chi connectivity index (χ1n) is 9.28. The van der Waals surface area contributed by atoms with Crippen molar-refractivity contribution in [2.45, 2.75) is 24.3 Å². The number of thioether (sulfide) groups is 1. The topological polar surface area (TPSA) is 101 Å². The number of thiazole rings is 1. The number of anilines is 2. The van der Waals surface area contributed by atoms with Crippen LogP contribution in [0.5, 0.6) is 0 Å². The summed E-state index contributed by atoms with van der Waals surface area (Å²) in [5.41, 5.74) is 2.84. The molecule has 10 heteroatoms. The SMILES string of the molecule is C[C@@H]1N=C(Nc2ccc(CCNc3nc4ccc(S(C)(=O)=O)cc4s3)cc2)SC1=O.